The van der Waals surface area contributed by atoms with Crippen molar-refractivity contribution in [2.75, 3.05) is 6.61 Å². The van der Waals surface area contributed by atoms with Crippen molar-refractivity contribution in [1.82, 2.24) is 0 Å². The largest absolute Gasteiger partial charge is 0.494 e. The summed E-state index contributed by atoms with van der Waals surface area (Å²) in [5.41, 5.74) is 1.01. The van der Waals surface area contributed by atoms with Gasteiger partial charge in [-0.2, -0.15) is 0 Å². The van der Waals surface area contributed by atoms with Gasteiger partial charge >= 0.3 is 0 Å². The standard InChI is InChI=1S/C26H40O3/c1-21(2)7-5-8-22(3)9-6-10-23(4)16-18-29-26-13-11-24(12-14-26)19-25(20-28)15-17-27/h11-14,21-23,25H,5-10,15-16,18-19H2,1-4H3. The van der Waals surface area contributed by atoms with Crippen molar-refractivity contribution in [1.29, 1.82) is 0 Å². The number of hydrogen-bond acceptors (Lipinski definition) is 3. The van der Waals surface area contributed by atoms with Gasteiger partial charge in [0.05, 0.1) is 6.61 Å². The zero-order valence-electron chi connectivity index (χ0n) is 18.9. The second kappa shape index (κ2) is 15.2. The van der Waals surface area contributed by atoms with Crippen LogP contribution in [0.4, 0.5) is 0 Å². The van der Waals surface area contributed by atoms with Crippen LogP contribution in [0, 0.1) is 23.7 Å². The average Bonchev–Trinajstić information content (AvgIpc) is 2.68. The summed E-state index contributed by atoms with van der Waals surface area (Å²) in [5, 5.41) is 0. The minimum atomic E-state index is -0.405. The van der Waals surface area contributed by atoms with Gasteiger partial charge in [0.25, 0.3) is 0 Å². The van der Waals surface area contributed by atoms with E-state index in [4.69, 9.17) is 4.74 Å². The molecule has 162 valence electrons. The maximum Gasteiger partial charge on any atom is 0.202 e. The molecule has 3 unspecified atom stereocenters. The van der Waals surface area contributed by atoms with Gasteiger partial charge in [-0.25, -0.2) is 0 Å². The molecule has 0 aliphatic heterocycles. The molecule has 0 heterocycles. The van der Waals surface area contributed by atoms with Crippen molar-refractivity contribution >= 4 is 12.6 Å². The van der Waals surface area contributed by atoms with Gasteiger partial charge in [0.2, 0.25) is 6.29 Å². The molecule has 29 heavy (non-hydrogen) atoms. The molecule has 0 saturated carbocycles. The molecule has 0 bridgehead atoms. The highest BCUT2D eigenvalue weighted by molar-refractivity contribution is 5.63. The van der Waals surface area contributed by atoms with Gasteiger partial charge in [-0.15, -0.1) is 0 Å². The summed E-state index contributed by atoms with van der Waals surface area (Å²) in [6, 6.07) is 7.78. The fourth-order valence-corrected chi connectivity index (χ4v) is 3.62. The molecule has 0 amide bonds. The Balaban J connectivity index is 2.18. The van der Waals surface area contributed by atoms with E-state index in [1.807, 2.05) is 30.6 Å². The summed E-state index contributed by atoms with van der Waals surface area (Å²) in [6.07, 6.45) is 13.4. The second-order valence-corrected chi connectivity index (χ2v) is 9.11. The van der Waals surface area contributed by atoms with Crippen LogP contribution in [-0.2, 0) is 16.0 Å². The minimum absolute atomic E-state index is 0.108. The van der Waals surface area contributed by atoms with Gasteiger partial charge < -0.3 is 4.74 Å². The van der Waals surface area contributed by atoms with Crippen molar-refractivity contribution in [3.05, 3.63) is 29.8 Å². The molecule has 0 aliphatic carbocycles. The number of benzene rings is 1. The van der Waals surface area contributed by atoms with E-state index in [1.165, 1.54) is 38.5 Å². The highest BCUT2D eigenvalue weighted by atomic mass is 16.5. The maximum atomic E-state index is 10.8. The molecule has 0 spiro atoms. The third kappa shape index (κ3) is 12.5. The fraction of sp³-hybridized carbons (Fsp3) is 0.692. The Morgan fingerprint density at radius 1 is 0.828 bits per heavy atom. The van der Waals surface area contributed by atoms with E-state index >= 15 is 0 Å². The van der Waals surface area contributed by atoms with Crippen LogP contribution in [0.15, 0.2) is 24.3 Å². The second-order valence-electron chi connectivity index (χ2n) is 9.11. The van der Waals surface area contributed by atoms with E-state index in [9.17, 15) is 9.59 Å². The lowest BCUT2D eigenvalue weighted by atomic mass is 9.93. The van der Waals surface area contributed by atoms with Crippen LogP contribution < -0.4 is 4.74 Å². The van der Waals surface area contributed by atoms with Gasteiger partial charge in [-0.1, -0.05) is 78.4 Å². The summed E-state index contributed by atoms with van der Waals surface area (Å²) < 4.78 is 5.87. The van der Waals surface area contributed by atoms with Crippen molar-refractivity contribution < 1.29 is 14.3 Å². The molecule has 2 radical (unpaired) electrons. The Morgan fingerprint density at radius 3 is 1.97 bits per heavy atom. The average molecular weight is 401 g/mol. The van der Waals surface area contributed by atoms with Crippen molar-refractivity contribution in [2.45, 2.75) is 85.5 Å². The molecule has 0 saturated heterocycles. The van der Waals surface area contributed by atoms with Crippen molar-refractivity contribution in [3.63, 3.8) is 0 Å². The van der Waals surface area contributed by atoms with Crippen LogP contribution in [0.1, 0.15) is 84.6 Å². The highest BCUT2D eigenvalue weighted by Crippen LogP contribution is 2.21. The zero-order valence-corrected chi connectivity index (χ0v) is 18.9. The molecule has 3 nitrogen and oxygen atoms in total. The van der Waals surface area contributed by atoms with E-state index in [1.54, 1.807) is 6.29 Å². The van der Waals surface area contributed by atoms with Crippen LogP contribution in [0.3, 0.4) is 0 Å². The van der Waals surface area contributed by atoms with Gasteiger partial charge in [0, 0.05) is 12.3 Å². The molecule has 1 rings (SSSR count). The summed E-state index contributed by atoms with van der Waals surface area (Å²) in [7, 11) is 0. The molecular formula is C26H40O3. The molecule has 0 aromatic heterocycles. The normalized spacial score (nSPS) is 14.4. The zero-order chi connectivity index (χ0) is 21.5. The monoisotopic (exact) mass is 400 g/mol. The number of ether oxygens (including phenoxy) is 1. The first-order valence-corrected chi connectivity index (χ1v) is 11.4. The predicted molar refractivity (Wildman–Crippen MR) is 121 cm³/mol. The summed E-state index contributed by atoms with van der Waals surface area (Å²) >= 11 is 0. The molecular weight excluding hydrogens is 360 g/mol. The lowest BCUT2D eigenvalue weighted by molar-refractivity contribution is 0.274. The topological polar surface area (TPSA) is 43.4 Å². The molecule has 3 heteroatoms. The first-order chi connectivity index (χ1) is 13.9. The number of rotatable bonds is 17. The Morgan fingerprint density at radius 2 is 1.41 bits per heavy atom. The molecule has 3 atom stereocenters. The third-order valence-electron chi connectivity index (χ3n) is 5.65. The lowest BCUT2D eigenvalue weighted by Crippen LogP contribution is -2.07. The molecule has 0 aliphatic rings. The summed E-state index contributed by atoms with van der Waals surface area (Å²) in [4.78, 5) is 21.3. The lowest BCUT2D eigenvalue weighted by Gasteiger charge is -2.15. The maximum absolute atomic E-state index is 10.8. The highest BCUT2D eigenvalue weighted by Gasteiger charge is 2.10. The minimum Gasteiger partial charge on any atom is -0.494 e. The Bertz CT molecular complexity index is 550. The number of hydrogen-bond donors (Lipinski definition) is 0. The van der Waals surface area contributed by atoms with E-state index in [2.05, 4.69) is 27.7 Å². The van der Waals surface area contributed by atoms with E-state index < -0.39 is 5.92 Å². The first-order valence-electron chi connectivity index (χ1n) is 11.4. The molecule has 0 fully saturated rings. The van der Waals surface area contributed by atoms with Crippen LogP contribution in [0.25, 0.3) is 0 Å². The van der Waals surface area contributed by atoms with Gasteiger partial charge in [0.15, 0.2) is 6.29 Å². The van der Waals surface area contributed by atoms with Crippen LogP contribution >= 0.6 is 0 Å². The van der Waals surface area contributed by atoms with Gasteiger partial charge in [-0.3, -0.25) is 9.59 Å². The van der Waals surface area contributed by atoms with E-state index in [0.29, 0.717) is 12.3 Å². The predicted octanol–water partition coefficient (Wildman–Crippen LogP) is 6.49. The Kier molecular flexibility index (Phi) is 13.3. The summed E-state index contributed by atoms with van der Waals surface area (Å²) in [5.74, 6) is 2.80. The quantitative estimate of drug-likeness (QED) is 0.300. The SMILES string of the molecule is CC(C)CCCC(C)CCCC(C)CCOc1ccc(CC([C]=O)C[C]=O)cc1. The smallest absolute Gasteiger partial charge is 0.202 e. The van der Waals surface area contributed by atoms with Gasteiger partial charge in [0.1, 0.15) is 5.75 Å². The van der Waals surface area contributed by atoms with Crippen LogP contribution in [-0.4, -0.2) is 19.2 Å². The summed E-state index contributed by atoms with van der Waals surface area (Å²) in [6.45, 7) is 10.1. The van der Waals surface area contributed by atoms with Crippen LogP contribution in [0.5, 0.6) is 5.75 Å². The number of carbonyl (C=O) groups excluding carboxylic acids is 2. The first kappa shape index (κ1) is 25.4. The Labute approximate surface area is 178 Å². The van der Waals surface area contributed by atoms with Crippen molar-refractivity contribution in [2.24, 2.45) is 23.7 Å². The fourth-order valence-electron chi connectivity index (χ4n) is 3.62. The third-order valence-corrected chi connectivity index (χ3v) is 5.65. The van der Waals surface area contributed by atoms with E-state index in [-0.39, 0.29) is 6.42 Å². The molecule has 1 aromatic rings. The Hall–Kier alpha value is -1.64. The van der Waals surface area contributed by atoms with Gasteiger partial charge in [-0.05, 0) is 48.3 Å². The molecule has 0 N–H and O–H groups in total. The van der Waals surface area contributed by atoms with Crippen LogP contribution in [0.2, 0.25) is 0 Å². The van der Waals surface area contributed by atoms with Crippen molar-refractivity contribution in [3.8, 4) is 5.75 Å². The molecule has 1 aromatic carbocycles. The van der Waals surface area contributed by atoms with E-state index in [0.717, 1.165) is 36.2 Å².